The molecule has 0 aliphatic rings. The Hall–Kier alpha value is -7.85. The molecule has 262 valence electrons. The molecule has 0 atom stereocenters. The molecule has 10 nitrogen and oxygen atoms in total. The van der Waals surface area contributed by atoms with Crippen LogP contribution in [0.3, 0.4) is 0 Å². The topological polar surface area (TPSA) is 163 Å². The molecule has 0 saturated heterocycles. The van der Waals surface area contributed by atoms with E-state index in [9.17, 15) is 29.7 Å². The van der Waals surface area contributed by atoms with Crippen LogP contribution in [0.15, 0.2) is 140 Å². The minimum absolute atomic E-state index is 0.0598. The highest BCUT2D eigenvalue weighted by molar-refractivity contribution is 6.06. The molecule has 4 aromatic heterocycles. The van der Waals surface area contributed by atoms with Crippen LogP contribution in [0.5, 0.6) is 0 Å². The van der Waals surface area contributed by atoms with Crippen molar-refractivity contribution in [1.82, 2.24) is 19.9 Å². The maximum atomic E-state index is 12.5. The maximum Gasteiger partial charge on any atom is 0.335 e. The van der Waals surface area contributed by atoms with Gasteiger partial charge in [0, 0.05) is 43.8 Å². The van der Waals surface area contributed by atoms with E-state index < -0.39 is 17.9 Å². The highest BCUT2D eigenvalue weighted by Gasteiger charge is 2.16. The highest BCUT2D eigenvalue weighted by Crippen LogP contribution is 2.33. The van der Waals surface area contributed by atoms with Crippen molar-refractivity contribution in [1.29, 1.82) is 0 Å². The fourth-order valence-corrected chi connectivity index (χ4v) is 6.85. The first kappa shape index (κ1) is 33.0. The summed E-state index contributed by atoms with van der Waals surface area (Å²) in [6, 6.07) is 41.1. The SMILES string of the molecule is O=C(O)c1cccc(-c2ccc3ccc4ccc(-c5cc(C(=O)O)cc(-c6ccc7ccc8ccc(-c9cccc(C(=O)O)c9)nc8c7n6)c5)nc4c3n2)c1. The van der Waals surface area contributed by atoms with Gasteiger partial charge in [0.05, 0.1) is 61.5 Å². The number of carbonyl (C=O) groups is 3. The molecule has 0 unspecified atom stereocenters. The molecule has 5 aromatic carbocycles. The first-order valence-corrected chi connectivity index (χ1v) is 17.2. The van der Waals surface area contributed by atoms with Crippen LogP contribution in [0, 0.1) is 0 Å². The molecule has 10 heteroatoms. The smallest absolute Gasteiger partial charge is 0.335 e. The van der Waals surface area contributed by atoms with Gasteiger partial charge in [-0.2, -0.15) is 0 Å². The van der Waals surface area contributed by atoms with E-state index in [-0.39, 0.29) is 16.7 Å². The predicted octanol–water partition coefficient (Wildman–Crippen LogP) is 9.64. The fourth-order valence-electron chi connectivity index (χ4n) is 6.85. The zero-order valence-electron chi connectivity index (χ0n) is 28.6. The first-order chi connectivity index (χ1) is 26.7. The predicted molar refractivity (Wildman–Crippen MR) is 210 cm³/mol. The van der Waals surface area contributed by atoms with Gasteiger partial charge in [0.2, 0.25) is 0 Å². The van der Waals surface area contributed by atoms with Gasteiger partial charge in [0.15, 0.2) is 0 Å². The number of aromatic nitrogens is 4. The van der Waals surface area contributed by atoms with Crippen LogP contribution in [0.25, 0.3) is 88.6 Å². The molecule has 55 heavy (non-hydrogen) atoms. The Bertz CT molecular complexity index is 2910. The molecule has 0 radical (unpaired) electrons. The average Bonchev–Trinajstić information content (AvgIpc) is 3.22. The van der Waals surface area contributed by atoms with Crippen molar-refractivity contribution < 1.29 is 29.7 Å². The molecule has 0 aliphatic heterocycles. The summed E-state index contributed by atoms with van der Waals surface area (Å²) >= 11 is 0. The molecule has 0 bridgehead atoms. The lowest BCUT2D eigenvalue weighted by molar-refractivity contribution is 0.0686. The van der Waals surface area contributed by atoms with Crippen molar-refractivity contribution in [2.45, 2.75) is 0 Å². The van der Waals surface area contributed by atoms with Crippen LogP contribution in [0.1, 0.15) is 31.1 Å². The average molecular weight is 719 g/mol. The van der Waals surface area contributed by atoms with Gasteiger partial charge in [-0.15, -0.1) is 0 Å². The molecule has 0 spiro atoms. The number of hydrogen-bond donors (Lipinski definition) is 3. The quantitative estimate of drug-likeness (QED) is 0.135. The van der Waals surface area contributed by atoms with Crippen LogP contribution in [0.2, 0.25) is 0 Å². The number of nitrogens with zero attached hydrogens (tertiary/aromatic N) is 4. The standard InChI is InChI=1S/C45H26N4O6/c50-43(51)30-5-1-3-28(19-30)35-15-11-24-7-9-26-13-17-37(48-41(26)39(24)46-35)32-21-33(23-34(22-32)45(54)55)38-18-14-27-10-8-25-12-16-36(47-40(25)42(27)49-38)29-4-2-6-31(20-29)44(52)53/h1-23H,(H,50,51)(H,52,53)(H,54,55). The second-order valence-electron chi connectivity index (χ2n) is 13.1. The molecule has 0 saturated carbocycles. The molecular formula is C45H26N4O6. The molecule has 0 aliphatic carbocycles. The summed E-state index contributed by atoms with van der Waals surface area (Å²) in [7, 11) is 0. The summed E-state index contributed by atoms with van der Waals surface area (Å²) in [5.74, 6) is -3.16. The normalized spacial score (nSPS) is 11.3. The Balaban J connectivity index is 1.17. The van der Waals surface area contributed by atoms with E-state index in [1.165, 1.54) is 12.1 Å². The molecule has 9 rings (SSSR count). The Kier molecular flexibility index (Phi) is 7.79. The molecular weight excluding hydrogens is 693 g/mol. The number of carboxylic acids is 3. The van der Waals surface area contributed by atoms with Crippen LogP contribution in [-0.2, 0) is 0 Å². The third-order valence-corrected chi connectivity index (χ3v) is 9.62. The van der Waals surface area contributed by atoms with Gasteiger partial charge in [0.25, 0.3) is 0 Å². The Morgan fingerprint density at radius 1 is 0.327 bits per heavy atom. The van der Waals surface area contributed by atoms with E-state index in [4.69, 9.17) is 19.9 Å². The Morgan fingerprint density at radius 3 is 0.945 bits per heavy atom. The Labute approximate surface area is 311 Å². The van der Waals surface area contributed by atoms with Crippen molar-refractivity contribution in [3.63, 3.8) is 0 Å². The molecule has 0 fully saturated rings. The largest absolute Gasteiger partial charge is 0.478 e. The summed E-state index contributed by atoms with van der Waals surface area (Å²) in [6.45, 7) is 0. The van der Waals surface area contributed by atoms with Gasteiger partial charge in [0.1, 0.15) is 0 Å². The van der Waals surface area contributed by atoms with Gasteiger partial charge < -0.3 is 15.3 Å². The summed E-state index contributed by atoms with van der Waals surface area (Å²) in [5, 5.41) is 32.6. The van der Waals surface area contributed by atoms with Crippen molar-refractivity contribution in [3.05, 3.63) is 156 Å². The lowest BCUT2D eigenvalue weighted by Gasteiger charge is -2.11. The van der Waals surface area contributed by atoms with Gasteiger partial charge >= 0.3 is 17.9 Å². The van der Waals surface area contributed by atoms with Crippen LogP contribution >= 0.6 is 0 Å². The molecule has 9 aromatic rings. The number of hydrogen-bond acceptors (Lipinski definition) is 7. The van der Waals surface area contributed by atoms with E-state index in [1.807, 2.05) is 91.0 Å². The summed E-state index contributed by atoms with van der Waals surface area (Å²) in [4.78, 5) is 55.6. The van der Waals surface area contributed by atoms with Crippen LogP contribution in [0.4, 0.5) is 0 Å². The van der Waals surface area contributed by atoms with E-state index >= 15 is 0 Å². The third-order valence-electron chi connectivity index (χ3n) is 9.62. The third kappa shape index (κ3) is 6.03. The lowest BCUT2D eigenvalue weighted by Crippen LogP contribution is -1.99. The summed E-state index contributed by atoms with van der Waals surface area (Å²) in [5.41, 5.74) is 7.54. The second kappa shape index (κ2) is 13.0. The van der Waals surface area contributed by atoms with Gasteiger partial charge in [-0.25, -0.2) is 34.3 Å². The van der Waals surface area contributed by atoms with Crippen LogP contribution in [-0.4, -0.2) is 53.2 Å². The van der Waals surface area contributed by atoms with Gasteiger partial charge in [-0.3, -0.25) is 0 Å². The minimum Gasteiger partial charge on any atom is -0.478 e. The van der Waals surface area contributed by atoms with Crippen molar-refractivity contribution in [2.75, 3.05) is 0 Å². The number of carboxylic acid groups (broad SMARTS) is 3. The molecule has 3 N–H and O–H groups in total. The van der Waals surface area contributed by atoms with E-state index in [0.717, 1.165) is 21.5 Å². The van der Waals surface area contributed by atoms with Crippen LogP contribution < -0.4 is 0 Å². The monoisotopic (exact) mass is 718 g/mol. The zero-order chi connectivity index (χ0) is 37.8. The number of fused-ring (bicyclic) bond motifs is 6. The van der Waals surface area contributed by atoms with E-state index in [2.05, 4.69) is 0 Å². The van der Waals surface area contributed by atoms with Crippen molar-refractivity contribution in [3.8, 4) is 45.0 Å². The first-order valence-electron chi connectivity index (χ1n) is 17.2. The maximum absolute atomic E-state index is 12.5. The number of rotatable bonds is 7. The summed E-state index contributed by atoms with van der Waals surface area (Å²) < 4.78 is 0. The van der Waals surface area contributed by atoms with E-state index in [1.54, 1.807) is 36.4 Å². The van der Waals surface area contributed by atoms with Gasteiger partial charge in [-0.05, 0) is 66.7 Å². The number of benzene rings is 5. The van der Waals surface area contributed by atoms with Crippen molar-refractivity contribution >= 4 is 61.5 Å². The second-order valence-corrected chi connectivity index (χ2v) is 13.1. The molecule has 0 amide bonds. The highest BCUT2D eigenvalue weighted by atomic mass is 16.4. The minimum atomic E-state index is -1.11. The zero-order valence-corrected chi connectivity index (χ0v) is 28.6. The summed E-state index contributed by atoms with van der Waals surface area (Å²) in [6.07, 6.45) is 0. The lowest BCUT2D eigenvalue weighted by atomic mass is 9.99. The number of pyridine rings is 4. The Morgan fingerprint density at radius 2 is 0.618 bits per heavy atom. The molecule has 4 heterocycles. The van der Waals surface area contributed by atoms with Crippen molar-refractivity contribution in [2.24, 2.45) is 0 Å². The van der Waals surface area contributed by atoms with E-state index in [0.29, 0.717) is 67.1 Å². The van der Waals surface area contributed by atoms with Gasteiger partial charge in [-0.1, -0.05) is 72.8 Å². The fraction of sp³-hybridized carbons (Fsp3) is 0. The number of aromatic carboxylic acids is 3.